The summed E-state index contributed by atoms with van der Waals surface area (Å²) in [5.41, 5.74) is 0. The Hall–Kier alpha value is -1.45. The van der Waals surface area contributed by atoms with Gasteiger partial charge < -0.3 is 9.47 Å². The third-order valence-corrected chi connectivity index (χ3v) is 4.13. The van der Waals surface area contributed by atoms with Crippen molar-refractivity contribution in [3.05, 3.63) is 38.7 Å². The van der Waals surface area contributed by atoms with Crippen LogP contribution in [0.1, 0.15) is 0 Å². The number of rotatable bonds is 6. The van der Waals surface area contributed by atoms with E-state index in [2.05, 4.69) is 42.2 Å². The molecular weight excluding hydrogens is 440 g/mol. The van der Waals surface area contributed by atoms with Gasteiger partial charge in [0, 0.05) is 4.47 Å². The Balaban J connectivity index is 1.70. The van der Waals surface area contributed by atoms with Crippen molar-refractivity contribution >= 4 is 60.2 Å². The number of hydrogen-bond acceptors (Lipinski definition) is 6. The molecule has 9 heteroatoms. The highest BCUT2D eigenvalue weighted by Gasteiger charge is 2.10. The molecule has 0 fully saturated rings. The molecule has 0 radical (unpaired) electrons. The van der Waals surface area contributed by atoms with Gasteiger partial charge in [-0.15, -0.1) is 0 Å². The third-order valence-electron chi connectivity index (χ3n) is 2.24. The first kappa shape index (κ1) is 16.9. The summed E-state index contributed by atoms with van der Waals surface area (Å²) in [5.74, 6) is -0.559. The fraction of sp³-hybridized carbons (Fsp3) is 0.154. The average Bonchev–Trinajstić information content (AvgIpc) is 2.88. The number of amides is 1. The van der Waals surface area contributed by atoms with Crippen molar-refractivity contribution < 1.29 is 19.1 Å². The lowest BCUT2D eigenvalue weighted by Crippen LogP contribution is -2.23. The number of benzene rings is 1. The molecule has 6 nitrogen and oxygen atoms in total. The molecule has 0 aliphatic heterocycles. The monoisotopic (exact) mass is 448 g/mol. The summed E-state index contributed by atoms with van der Waals surface area (Å²) < 4.78 is 11.7. The summed E-state index contributed by atoms with van der Waals surface area (Å²) in [4.78, 5) is 27.0. The summed E-state index contributed by atoms with van der Waals surface area (Å²) in [6.07, 6.45) is 1.57. The molecule has 0 unspecified atom stereocenters. The minimum absolute atomic E-state index is 0.271. The number of thiazole rings is 1. The predicted molar refractivity (Wildman–Crippen MR) is 89.0 cm³/mol. The Morgan fingerprint density at radius 1 is 1.27 bits per heavy atom. The highest BCUT2D eigenvalue weighted by molar-refractivity contribution is 9.11. The van der Waals surface area contributed by atoms with Crippen LogP contribution in [0.5, 0.6) is 5.75 Å². The Morgan fingerprint density at radius 2 is 2.09 bits per heavy atom. The highest BCUT2D eigenvalue weighted by Crippen LogP contribution is 2.22. The number of esters is 1. The highest BCUT2D eigenvalue weighted by atomic mass is 79.9. The van der Waals surface area contributed by atoms with Crippen LogP contribution in [0.15, 0.2) is 38.7 Å². The second-order valence-corrected chi connectivity index (χ2v) is 7.25. The molecule has 0 bridgehead atoms. The van der Waals surface area contributed by atoms with E-state index in [4.69, 9.17) is 9.47 Å². The molecule has 0 atom stereocenters. The molecule has 0 saturated heterocycles. The van der Waals surface area contributed by atoms with Gasteiger partial charge in [0.1, 0.15) is 5.75 Å². The second kappa shape index (κ2) is 8.25. The van der Waals surface area contributed by atoms with E-state index in [9.17, 15) is 9.59 Å². The van der Waals surface area contributed by atoms with Gasteiger partial charge in [-0.25, -0.2) is 9.78 Å². The van der Waals surface area contributed by atoms with Crippen molar-refractivity contribution in [3.8, 4) is 5.75 Å². The van der Waals surface area contributed by atoms with Gasteiger partial charge in [-0.3, -0.25) is 10.1 Å². The van der Waals surface area contributed by atoms with Gasteiger partial charge in [-0.05, 0) is 34.1 Å². The molecule has 116 valence electrons. The Morgan fingerprint density at radius 3 is 2.77 bits per heavy atom. The van der Waals surface area contributed by atoms with Gasteiger partial charge in [0.2, 0.25) is 0 Å². The van der Waals surface area contributed by atoms with Crippen LogP contribution in [-0.2, 0) is 14.3 Å². The molecule has 1 N–H and O–H groups in total. The zero-order chi connectivity index (χ0) is 15.9. The number of nitrogens with one attached hydrogen (secondary N) is 1. The van der Waals surface area contributed by atoms with E-state index in [1.165, 1.54) is 11.3 Å². The first-order valence-electron chi connectivity index (χ1n) is 5.98. The first-order chi connectivity index (χ1) is 10.5. The van der Waals surface area contributed by atoms with Gasteiger partial charge in [0.25, 0.3) is 5.91 Å². The third kappa shape index (κ3) is 5.74. The Kier molecular flexibility index (Phi) is 6.34. The smallest absolute Gasteiger partial charge is 0.344 e. The van der Waals surface area contributed by atoms with E-state index in [0.717, 1.165) is 8.26 Å². The number of carbonyl (C=O) groups is 2. The summed E-state index contributed by atoms with van der Waals surface area (Å²) in [6.45, 7) is -0.662. The van der Waals surface area contributed by atoms with Crippen LogP contribution < -0.4 is 10.1 Å². The molecule has 1 amide bonds. The van der Waals surface area contributed by atoms with E-state index >= 15 is 0 Å². The quantitative estimate of drug-likeness (QED) is 0.685. The predicted octanol–water partition coefficient (Wildman–Crippen LogP) is 3.23. The van der Waals surface area contributed by atoms with E-state index in [1.807, 2.05) is 6.07 Å². The summed E-state index contributed by atoms with van der Waals surface area (Å²) in [5, 5.41) is 2.94. The number of ether oxygens (including phenoxy) is 2. The molecule has 0 spiro atoms. The zero-order valence-electron chi connectivity index (χ0n) is 11.0. The van der Waals surface area contributed by atoms with Gasteiger partial charge >= 0.3 is 5.97 Å². The van der Waals surface area contributed by atoms with Gasteiger partial charge in [0.05, 0.1) is 9.98 Å². The number of aromatic nitrogens is 1. The van der Waals surface area contributed by atoms with Crippen LogP contribution in [0.4, 0.5) is 5.13 Å². The van der Waals surface area contributed by atoms with E-state index < -0.39 is 18.5 Å². The zero-order valence-corrected chi connectivity index (χ0v) is 15.0. The van der Waals surface area contributed by atoms with Crippen LogP contribution in [-0.4, -0.2) is 30.1 Å². The topological polar surface area (TPSA) is 77.5 Å². The van der Waals surface area contributed by atoms with Crippen molar-refractivity contribution in [3.63, 3.8) is 0 Å². The molecule has 0 aliphatic rings. The molecule has 0 aliphatic carbocycles. The number of halogens is 2. The van der Waals surface area contributed by atoms with E-state index in [-0.39, 0.29) is 6.61 Å². The largest absolute Gasteiger partial charge is 0.482 e. The average molecular weight is 450 g/mol. The lowest BCUT2D eigenvalue weighted by Gasteiger charge is -2.07. The fourth-order valence-electron chi connectivity index (χ4n) is 1.35. The molecule has 22 heavy (non-hydrogen) atoms. The molecule has 1 aromatic carbocycles. The first-order valence-corrected chi connectivity index (χ1v) is 8.38. The lowest BCUT2D eigenvalue weighted by molar-refractivity contribution is -0.149. The second-order valence-electron chi connectivity index (χ2n) is 3.92. The maximum atomic E-state index is 11.6. The minimum Gasteiger partial charge on any atom is -0.482 e. The normalized spacial score (nSPS) is 10.1. The number of hydrogen-bond donors (Lipinski definition) is 1. The molecule has 2 rings (SSSR count). The maximum Gasteiger partial charge on any atom is 0.344 e. The van der Waals surface area contributed by atoms with Crippen LogP contribution in [0, 0.1) is 0 Å². The van der Waals surface area contributed by atoms with Gasteiger partial charge in [0.15, 0.2) is 18.3 Å². The van der Waals surface area contributed by atoms with E-state index in [1.54, 1.807) is 24.4 Å². The van der Waals surface area contributed by atoms with Crippen molar-refractivity contribution in [2.75, 3.05) is 18.5 Å². The number of anilines is 1. The van der Waals surface area contributed by atoms with Crippen LogP contribution in [0.2, 0.25) is 0 Å². The van der Waals surface area contributed by atoms with Gasteiger partial charge in [-0.1, -0.05) is 33.3 Å². The Bertz CT molecular complexity index is 678. The van der Waals surface area contributed by atoms with Crippen LogP contribution >= 0.6 is 43.2 Å². The summed E-state index contributed by atoms with van der Waals surface area (Å²) in [6, 6.07) is 7.06. The molecule has 0 saturated carbocycles. The van der Waals surface area contributed by atoms with Crippen molar-refractivity contribution in [1.82, 2.24) is 4.98 Å². The van der Waals surface area contributed by atoms with Gasteiger partial charge in [-0.2, -0.15) is 0 Å². The standard InChI is InChI=1S/C13H10Br2N2O4S/c14-8-2-1-3-9(4-8)20-7-12(19)21-6-11(18)17-13-16-5-10(15)22-13/h1-5H,6-7H2,(H,16,17,18). The fourth-order valence-corrected chi connectivity index (χ4v) is 2.86. The number of carbonyl (C=O) groups excluding carboxylic acids is 2. The molecule has 1 aromatic heterocycles. The number of nitrogens with zero attached hydrogens (tertiary/aromatic N) is 1. The molecule has 1 heterocycles. The SMILES string of the molecule is O=C(COC(=O)COc1cccc(Br)c1)Nc1ncc(Br)s1. The lowest BCUT2D eigenvalue weighted by atomic mass is 10.3. The van der Waals surface area contributed by atoms with E-state index in [0.29, 0.717) is 10.9 Å². The Labute approximate surface area is 147 Å². The molecule has 2 aromatic rings. The summed E-state index contributed by atoms with van der Waals surface area (Å²) >= 11 is 7.79. The van der Waals surface area contributed by atoms with Crippen LogP contribution in [0.3, 0.4) is 0 Å². The molecular formula is C13H10Br2N2O4S. The van der Waals surface area contributed by atoms with Crippen molar-refractivity contribution in [2.45, 2.75) is 0 Å². The van der Waals surface area contributed by atoms with Crippen molar-refractivity contribution in [1.29, 1.82) is 0 Å². The summed E-state index contributed by atoms with van der Waals surface area (Å²) in [7, 11) is 0. The maximum absolute atomic E-state index is 11.6. The van der Waals surface area contributed by atoms with Crippen molar-refractivity contribution in [2.24, 2.45) is 0 Å². The minimum atomic E-state index is -0.629. The van der Waals surface area contributed by atoms with Crippen LogP contribution in [0.25, 0.3) is 0 Å².